The number of para-hydroxylation sites is 2. The quantitative estimate of drug-likeness (QED) is 0.151. The first-order chi connectivity index (χ1) is 25.4. The number of nitrogens with zero attached hydrogens (tertiary/aromatic N) is 4. The lowest BCUT2D eigenvalue weighted by Crippen LogP contribution is -2.37. The average molecular weight is 692 g/mol. The summed E-state index contributed by atoms with van der Waals surface area (Å²) in [7, 11) is 3.42. The van der Waals surface area contributed by atoms with Crippen molar-refractivity contribution in [3.05, 3.63) is 130 Å². The van der Waals surface area contributed by atoms with Crippen LogP contribution in [0.2, 0.25) is 0 Å². The fourth-order valence-corrected chi connectivity index (χ4v) is 7.20. The van der Waals surface area contributed by atoms with Gasteiger partial charge < -0.3 is 24.4 Å². The molecule has 3 aliphatic rings. The molecule has 2 amide bonds. The van der Waals surface area contributed by atoms with E-state index in [1.165, 1.54) is 0 Å². The number of anilines is 3. The smallest absolute Gasteiger partial charge is 0.261 e. The van der Waals surface area contributed by atoms with Gasteiger partial charge in [0.1, 0.15) is 19.0 Å². The minimum atomic E-state index is -0.147. The lowest BCUT2D eigenvalue weighted by atomic mass is 10.1. The maximum absolute atomic E-state index is 13.8. The summed E-state index contributed by atoms with van der Waals surface area (Å²) in [5, 5.41) is 3.22. The summed E-state index contributed by atoms with van der Waals surface area (Å²) in [6.45, 7) is 4.85. The van der Waals surface area contributed by atoms with Crippen LogP contribution < -0.4 is 29.3 Å². The molecule has 260 valence electrons. The molecule has 0 radical (unpaired) electrons. The average Bonchev–Trinajstić information content (AvgIpc) is 3.76. The van der Waals surface area contributed by atoms with Crippen molar-refractivity contribution < 1.29 is 23.8 Å². The van der Waals surface area contributed by atoms with E-state index in [0.29, 0.717) is 46.3 Å². The molecule has 0 spiro atoms. The molecule has 3 aliphatic heterocycles. The molecular formula is C42H37N5O5. The number of hydrogen-bond donors (Lipinski definition) is 1. The zero-order valence-electron chi connectivity index (χ0n) is 29.0. The Kier molecular flexibility index (Phi) is 8.64. The van der Waals surface area contributed by atoms with Gasteiger partial charge in [-0.15, -0.1) is 0 Å². The van der Waals surface area contributed by atoms with Crippen molar-refractivity contribution in [2.75, 3.05) is 35.8 Å². The van der Waals surface area contributed by atoms with Crippen LogP contribution in [0.1, 0.15) is 43.0 Å². The number of aliphatic imine (C=N–C) groups is 2. The SMILES string of the molecule is C=Nc1cc(OCc2cc(COc3cc4c(cc3OC)C(=O)N3c5ccccc5C[C@H]3C=N4)cc(NC)c2)ccc1C(=O)N1CCc2ccccc21. The lowest BCUT2D eigenvalue weighted by molar-refractivity contribution is 0.0980. The molecule has 5 aromatic rings. The molecule has 0 bridgehead atoms. The van der Waals surface area contributed by atoms with Crippen LogP contribution in [-0.2, 0) is 26.1 Å². The van der Waals surface area contributed by atoms with Gasteiger partial charge in [-0.2, -0.15) is 0 Å². The topological polar surface area (TPSA) is 105 Å². The fraction of sp³-hybridized carbons (Fsp3) is 0.190. The minimum absolute atomic E-state index is 0.110. The zero-order chi connectivity index (χ0) is 35.8. The highest BCUT2D eigenvalue weighted by Gasteiger charge is 2.36. The molecule has 0 aromatic heterocycles. The molecule has 10 nitrogen and oxygen atoms in total. The molecule has 0 fully saturated rings. The van der Waals surface area contributed by atoms with Gasteiger partial charge in [-0.1, -0.05) is 36.4 Å². The molecule has 3 heterocycles. The minimum Gasteiger partial charge on any atom is -0.493 e. The van der Waals surface area contributed by atoms with E-state index in [1.807, 2.05) is 72.8 Å². The zero-order valence-corrected chi connectivity index (χ0v) is 29.0. The lowest BCUT2D eigenvalue weighted by Gasteiger charge is -2.22. The molecule has 8 rings (SSSR count). The van der Waals surface area contributed by atoms with Gasteiger partial charge in [0.15, 0.2) is 11.5 Å². The van der Waals surface area contributed by atoms with Crippen molar-refractivity contribution in [3.8, 4) is 17.2 Å². The summed E-state index contributed by atoms with van der Waals surface area (Å²) >= 11 is 0. The molecule has 10 heteroatoms. The first-order valence-corrected chi connectivity index (χ1v) is 17.2. The Morgan fingerprint density at radius 1 is 0.904 bits per heavy atom. The first-order valence-electron chi connectivity index (χ1n) is 17.2. The molecule has 0 saturated heterocycles. The van der Waals surface area contributed by atoms with Gasteiger partial charge in [-0.05, 0) is 83.9 Å². The molecule has 0 aliphatic carbocycles. The van der Waals surface area contributed by atoms with Gasteiger partial charge in [0.25, 0.3) is 11.8 Å². The van der Waals surface area contributed by atoms with Gasteiger partial charge in [-0.25, -0.2) is 0 Å². The number of carbonyl (C=O) groups is 2. The van der Waals surface area contributed by atoms with E-state index in [-0.39, 0.29) is 31.1 Å². The summed E-state index contributed by atoms with van der Waals surface area (Å²) in [5.41, 5.74) is 8.79. The second kappa shape index (κ2) is 13.7. The molecular weight excluding hydrogens is 654 g/mol. The van der Waals surface area contributed by atoms with Crippen molar-refractivity contribution in [1.82, 2.24) is 0 Å². The second-order valence-electron chi connectivity index (χ2n) is 12.9. The summed E-state index contributed by atoms with van der Waals surface area (Å²) in [4.78, 5) is 39.8. The van der Waals surface area contributed by atoms with Crippen molar-refractivity contribution in [1.29, 1.82) is 0 Å². The van der Waals surface area contributed by atoms with Crippen LogP contribution in [0.5, 0.6) is 17.2 Å². The third kappa shape index (κ3) is 6.02. The maximum atomic E-state index is 13.8. The Hall–Kier alpha value is -6.42. The van der Waals surface area contributed by atoms with E-state index in [4.69, 9.17) is 19.2 Å². The highest BCUT2D eigenvalue weighted by atomic mass is 16.5. The number of amides is 2. The highest BCUT2D eigenvalue weighted by Crippen LogP contribution is 2.41. The Balaban J connectivity index is 0.972. The van der Waals surface area contributed by atoms with E-state index in [9.17, 15) is 9.59 Å². The summed E-state index contributed by atoms with van der Waals surface area (Å²) in [5.74, 6) is 1.28. The fourth-order valence-electron chi connectivity index (χ4n) is 7.20. The molecule has 0 unspecified atom stereocenters. The third-order valence-electron chi connectivity index (χ3n) is 9.77. The number of carbonyl (C=O) groups excluding carboxylic acids is 2. The predicted molar refractivity (Wildman–Crippen MR) is 204 cm³/mol. The van der Waals surface area contributed by atoms with Crippen LogP contribution in [0.4, 0.5) is 28.4 Å². The maximum Gasteiger partial charge on any atom is 0.261 e. The van der Waals surface area contributed by atoms with Crippen LogP contribution in [0.3, 0.4) is 0 Å². The highest BCUT2D eigenvalue weighted by molar-refractivity contribution is 6.15. The third-order valence-corrected chi connectivity index (χ3v) is 9.77. The molecule has 1 atom stereocenters. The number of ether oxygens (including phenoxy) is 3. The number of rotatable bonds is 10. The van der Waals surface area contributed by atoms with Crippen molar-refractivity contribution in [2.24, 2.45) is 9.98 Å². The normalized spacial score (nSPS) is 15.3. The van der Waals surface area contributed by atoms with Crippen molar-refractivity contribution >= 4 is 53.2 Å². The molecule has 1 N–H and O–H groups in total. The van der Waals surface area contributed by atoms with Gasteiger partial charge in [-0.3, -0.25) is 24.5 Å². The largest absolute Gasteiger partial charge is 0.493 e. The predicted octanol–water partition coefficient (Wildman–Crippen LogP) is 7.72. The van der Waals surface area contributed by atoms with E-state index in [0.717, 1.165) is 52.2 Å². The number of nitrogens with one attached hydrogen (secondary N) is 1. The monoisotopic (exact) mass is 691 g/mol. The summed E-state index contributed by atoms with van der Waals surface area (Å²) in [6.07, 6.45) is 3.39. The Bertz CT molecular complexity index is 2270. The van der Waals surface area contributed by atoms with E-state index in [2.05, 4.69) is 29.2 Å². The van der Waals surface area contributed by atoms with Crippen molar-refractivity contribution in [3.63, 3.8) is 0 Å². The Morgan fingerprint density at radius 2 is 1.65 bits per heavy atom. The van der Waals surface area contributed by atoms with Crippen LogP contribution >= 0.6 is 0 Å². The van der Waals surface area contributed by atoms with Crippen LogP contribution in [-0.4, -0.2) is 51.5 Å². The molecule has 52 heavy (non-hydrogen) atoms. The van der Waals surface area contributed by atoms with Crippen LogP contribution in [0.25, 0.3) is 0 Å². The number of hydrogen-bond acceptors (Lipinski definition) is 8. The van der Waals surface area contributed by atoms with Gasteiger partial charge >= 0.3 is 0 Å². The standard InChI is InChI=1S/C42H37N5O5/c1-43-30-17-26(24-51-32-12-13-33(35(20-32)44-2)41(48)46-15-14-28-8-4-6-10-37(28)46)16-27(18-30)25-52-40-22-36-34(21-39(40)50-3)42(49)47-31(23-45-36)19-29-9-5-7-11-38(29)47/h4-13,16-18,20-23,31,43H,2,14-15,19,24-25H2,1,3H3/t31-/m0/s1. The first kappa shape index (κ1) is 32.8. The van der Waals surface area contributed by atoms with Gasteiger partial charge in [0.05, 0.1) is 35.7 Å². The molecule has 0 saturated carbocycles. The number of methoxy groups -OCH3 is 1. The summed E-state index contributed by atoms with van der Waals surface area (Å²) < 4.78 is 18.2. The Labute approximate surface area is 302 Å². The number of fused-ring (bicyclic) bond motifs is 5. The van der Waals surface area contributed by atoms with E-state index >= 15 is 0 Å². The van der Waals surface area contributed by atoms with Gasteiger partial charge in [0.2, 0.25) is 0 Å². The van der Waals surface area contributed by atoms with Crippen LogP contribution in [0, 0.1) is 0 Å². The Morgan fingerprint density at radius 3 is 2.42 bits per heavy atom. The second-order valence-corrected chi connectivity index (χ2v) is 12.9. The van der Waals surface area contributed by atoms with E-state index in [1.54, 1.807) is 42.3 Å². The molecule has 5 aromatic carbocycles. The van der Waals surface area contributed by atoms with Gasteiger partial charge in [0, 0.05) is 55.4 Å². The van der Waals surface area contributed by atoms with Crippen molar-refractivity contribution in [2.45, 2.75) is 32.1 Å². The van der Waals surface area contributed by atoms with E-state index < -0.39 is 0 Å². The van der Waals surface area contributed by atoms with Crippen LogP contribution in [0.15, 0.2) is 107 Å². The summed E-state index contributed by atoms with van der Waals surface area (Å²) in [6, 6.07) is 30.6. The number of benzene rings is 5.